The summed E-state index contributed by atoms with van der Waals surface area (Å²) in [5.41, 5.74) is 3.41. The van der Waals surface area contributed by atoms with E-state index in [2.05, 4.69) is 43.8 Å². The zero-order valence-electron chi connectivity index (χ0n) is 9.50. The van der Waals surface area contributed by atoms with Crippen molar-refractivity contribution in [1.82, 2.24) is 4.98 Å². The topological polar surface area (TPSA) is 33.1 Å². The highest BCUT2D eigenvalue weighted by atomic mass is 79.9. The quantitative estimate of drug-likeness (QED) is 0.658. The molecular weight excluding hydrogens is 346 g/mol. The third kappa shape index (κ3) is 2.47. The number of hydrogen-bond donors (Lipinski definition) is 1. The smallest absolute Gasteiger partial charge is 0.116 e. The maximum Gasteiger partial charge on any atom is 0.116 e. The van der Waals surface area contributed by atoms with Gasteiger partial charge >= 0.3 is 0 Å². The van der Waals surface area contributed by atoms with Crippen LogP contribution in [0.5, 0.6) is 5.75 Å². The lowest BCUT2D eigenvalue weighted by atomic mass is 10.00. The summed E-state index contributed by atoms with van der Waals surface area (Å²) < 4.78 is 0.909. The second-order valence-corrected chi connectivity index (χ2v) is 5.40. The van der Waals surface area contributed by atoms with Crippen LogP contribution in [0.4, 0.5) is 0 Å². The Balaban J connectivity index is 2.77. The number of nitrogens with zero attached hydrogens (tertiary/aromatic N) is 1. The van der Waals surface area contributed by atoms with E-state index in [4.69, 9.17) is 0 Å². The molecular formula is C13H13Br2NO. The molecule has 2 rings (SSSR count). The van der Waals surface area contributed by atoms with E-state index in [0.717, 1.165) is 33.7 Å². The van der Waals surface area contributed by atoms with Crippen LogP contribution in [-0.2, 0) is 12.8 Å². The Morgan fingerprint density at radius 3 is 2.71 bits per heavy atom. The number of pyridine rings is 1. The first kappa shape index (κ1) is 12.8. The van der Waals surface area contributed by atoms with Gasteiger partial charge in [0.2, 0.25) is 0 Å². The molecule has 2 aromatic rings. The molecule has 2 nitrogen and oxygen atoms in total. The number of aromatic nitrogens is 1. The van der Waals surface area contributed by atoms with Crippen LogP contribution in [-0.4, -0.2) is 15.4 Å². The van der Waals surface area contributed by atoms with E-state index in [1.807, 2.05) is 6.07 Å². The highest BCUT2D eigenvalue weighted by Gasteiger charge is 2.12. The van der Waals surface area contributed by atoms with Gasteiger partial charge in [-0.15, -0.1) is 0 Å². The lowest BCUT2D eigenvalue weighted by molar-refractivity contribution is 0.476. The summed E-state index contributed by atoms with van der Waals surface area (Å²) in [5, 5.41) is 11.5. The van der Waals surface area contributed by atoms with E-state index in [0.29, 0.717) is 5.75 Å². The molecule has 0 bridgehead atoms. The van der Waals surface area contributed by atoms with E-state index in [-0.39, 0.29) is 0 Å². The number of halogens is 2. The molecule has 0 amide bonds. The van der Waals surface area contributed by atoms with Gasteiger partial charge in [-0.1, -0.05) is 22.9 Å². The third-order valence-corrected chi connectivity index (χ3v) is 3.89. The van der Waals surface area contributed by atoms with Gasteiger partial charge in [-0.2, -0.15) is 0 Å². The number of alkyl halides is 1. The van der Waals surface area contributed by atoms with E-state index < -0.39 is 0 Å². The van der Waals surface area contributed by atoms with Crippen molar-refractivity contribution >= 4 is 42.8 Å². The fourth-order valence-electron chi connectivity index (χ4n) is 2.08. The monoisotopic (exact) mass is 357 g/mol. The molecule has 0 aliphatic carbocycles. The number of fused-ring (bicyclic) bond motifs is 1. The summed E-state index contributed by atoms with van der Waals surface area (Å²) in [6.07, 6.45) is 1.87. The standard InChI is InChI=1S/C13H13Br2NO/c1-2-9-10(5-6-14)13(15)16-12-4-3-8(17)7-11(9)12/h3-4,7,17H,2,5-6H2,1H3. The van der Waals surface area contributed by atoms with Crippen LogP contribution < -0.4 is 0 Å². The molecule has 90 valence electrons. The second-order valence-electron chi connectivity index (χ2n) is 3.85. The molecule has 17 heavy (non-hydrogen) atoms. The van der Waals surface area contributed by atoms with E-state index in [1.54, 1.807) is 12.1 Å². The van der Waals surface area contributed by atoms with Crippen LogP contribution in [0.25, 0.3) is 10.9 Å². The fraction of sp³-hybridized carbons (Fsp3) is 0.308. The summed E-state index contributed by atoms with van der Waals surface area (Å²) in [6.45, 7) is 2.13. The van der Waals surface area contributed by atoms with Gasteiger partial charge in [0, 0.05) is 10.7 Å². The fourth-order valence-corrected chi connectivity index (χ4v) is 3.10. The van der Waals surface area contributed by atoms with Crippen LogP contribution in [0.15, 0.2) is 22.8 Å². The van der Waals surface area contributed by atoms with E-state index in [9.17, 15) is 5.11 Å². The largest absolute Gasteiger partial charge is 0.508 e. The molecule has 1 heterocycles. The molecule has 0 unspecified atom stereocenters. The first-order valence-corrected chi connectivity index (χ1v) is 7.44. The van der Waals surface area contributed by atoms with Crippen molar-refractivity contribution < 1.29 is 5.11 Å². The van der Waals surface area contributed by atoms with Gasteiger partial charge in [0.25, 0.3) is 0 Å². The van der Waals surface area contributed by atoms with Crippen molar-refractivity contribution in [2.24, 2.45) is 0 Å². The van der Waals surface area contributed by atoms with Crippen molar-refractivity contribution in [2.75, 3.05) is 5.33 Å². The molecule has 0 atom stereocenters. The average Bonchev–Trinajstić information content (AvgIpc) is 2.31. The molecule has 1 N–H and O–H groups in total. The normalized spacial score (nSPS) is 11.0. The van der Waals surface area contributed by atoms with Gasteiger partial charge in [0.15, 0.2) is 0 Å². The molecule has 1 aromatic heterocycles. The minimum atomic E-state index is 0.293. The van der Waals surface area contributed by atoms with Crippen LogP contribution in [0.3, 0.4) is 0 Å². The van der Waals surface area contributed by atoms with Gasteiger partial charge in [-0.25, -0.2) is 4.98 Å². The zero-order chi connectivity index (χ0) is 12.4. The molecule has 0 aliphatic heterocycles. The predicted molar refractivity (Wildman–Crippen MR) is 78.0 cm³/mol. The third-order valence-electron chi connectivity index (χ3n) is 2.84. The van der Waals surface area contributed by atoms with Crippen LogP contribution in [0, 0.1) is 0 Å². The SMILES string of the molecule is CCc1c(CCBr)c(Br)nc2ccc(O)cc12. The molecule has 1 aromatic carbocycles. The Morgan fingerprint density at radius 1 is 1.29 bits per heavy atom. The highest BCUT2D eigenvalue weighted by Crippen LogP contribution is 2.30. The Kier molecular flexibility index (Phi) is 4.05. The number of phenols is 1. The Hall–Kier alpha value is -0.610. The second kappa shape index (κ2) is 5.36. The first-order chi connectivity index (χ1) is 8.17. The van der Waals surface area contributed by atoms with Crippen molar-refractivity contribution in [2.45, 2.75) is 19.8 Å². The van der Waals surface area contributed by atoms with Crippen LogP contribution >= 0.6 is 31.9 Å². The maximum absolute atomic E-state index is 9.59. The molecule has 0 saturated carbocycles. The number of phenolic OH excluding ortho intramolecular Hbond substituents is 1. The number of hydrogen-bond acceptors (Lipinski definition) is 2. The Labute approximate surface area is 117 Å². The van der Waals surface area contributed by atoms with Crippen LogP contribution in [0.2, 0.25) is 0 Å². The molecule has 0 aliphatic rings. The van der Waals surface area contributed by atoms with Gasteiger partial charge in [0.1, 0.15) is 10.4 Å². The molecule has 0 spiro atoms. The summed E-state index contributed by atoms with van der Waals surface area (Å²) in [6, 6.07) is 5.32. The zero-order valence-corrected chi connectivity index (χ0v) is 12.7. The summed E-state index contributed by atoms with van der Waals surface area (Å²) >= 11 is 7.00. The minimum Gasteiger partial charge on any atom is -0.508 e. The summed E-state index contributed by atoms with van der Waals surface area (Å²) in [4.78, 5) is 4.53. The van der Waals surface area contributed by atoms with Gasteiger partial charge in [-0.05, 0) is 58.1 Å². The van der Waals surface area contributed by atoms with Crippen molar-refractivity contribution in [3.8, 4) is 5.75 Å². The van der Waals surface area contributed by atoms with Gasteiger partial charge < -0.3 is 5.11 Å². The molecule has 4 heteroatoms. The van der Waals surface area contributed by atoms with Crippen LogP contribution in [0.1, 0.15) is 18.1 Å². The number of rotatable bonds is 3. The first-order valence-electron chi connectivity index (χ1n) is 5.53. The van der Waals surface area contributed by atoms with Crippen molar-refractivity contribution in [3.05, 3.63) is 33.9 Å². The van der Waals surface area contributed by atoms with E-state index >= 15 is 0 Å². The average molecular weight is 359 g/mol. The van der Waals surface area contributed by atoms with Gasteiger partial charge in [-0.3, -0.25) is 0 Å². The lowest BCUT2D eigenvalue weighted by Crippen LogP contribution is -1.99. The van der Waals surface area contributed by atoms with Crippen molar-refractivity contribution in [3.63, 3.8) is 0 Å². The predicted octanol–water partition coefficient (Wildman–Crippen LogP) is 4.20. The minimum absolute atomic E-state index is 0.293. The van der Waals surface area contributed by atoms with Gasteiger partial charge in [0.05, 0.1) is 5.52 Å². The Bertz CT molecular complexity index is 555. The molecule has 0 saturated heterocycles. The Morgan fingerprint density at radius 2 is 2.06 bits per heavy atom. The summed E-state index contributed by atoms with van der Waals surface area (Å²) in [7, 11) is 0. The van der Waals surface area contributed by atoms with E-state index in [1.165, 1.54) is 11.1 Å². The summed E-state index contributed by atoms with van der Waals surface area (Å²) in [5.74, 6) is 0.293. The molecule has 0 radical (unpaired) electrons. The molecule has 0 fully saturated rings. The number of aryl methyl sites for hydroxylation is 1. The highest BCUT2D eigenvalue weighted by molar-refractivity contribution is 9.10. The number of aromatic hydroxyl groups is 1. The number of benzene rings is 1. The maximum atomic E-state index is 9.59. The van der Waals surface area contributed by atoms with Crippen molar-refractivity contribution in [1.29, 1.82) is 0 Å². The lowest BCUT2D eigenvalue weighted by Gasteiger charge is -2.12.